The second kappa shape index (κ2) is 5.00. The molecule has 0 atom stereocenters. The van der Waals surface area contributed by atoms with Crippen molar-refractivity contribution in [3.63, 3.8) is 0 Å². The molecule has 22 heavy (non-hydrogen) atoms. The van der Waals surface area contributed by atoms with E-state index in [1.54, 1.807) is 12.3 Å². The molecule has 0 aliphatic carbocycles. The van der Waals surface area contributed by atoms with Crippen LogP contribution in [0, 0.1) is 0 Å². The van der Waals surface area contributed by atoms with Crippen LogP contribution in [0.2, 0.25) is 0 Å². The van der Waals surface area contributed by atoms with E-state index < -0.39 is 5.79 Å². The highest BCUT2D eigenvalue weighted by atomic mass is 16.7. The summed E-state index contributed by atoms with van der Waals surface area (Å²) < 4.78 is 16.9. The quantitative estimate of drug-likeness (QED) is 0.796. The zero-order chi connectivity index (χ0) is 15.2. The van der Waals surface area contributed by atoms with E-state index in [0.717, 1.165) is 25.9 Å². The number of fused-ring (bicyclic) bond motifs is 1. The van der Waals surface area contributed by atoms with E-state index in [1.165, 1.54) is 12.1 Å². The molecule has 1 N–H and O–H groups in total. The predicted octanol–water partition coefficient (Wildman–Crippen LogP) is 1.65. The third-order valence-electron chi connectivity index (χ3n) is 4.33. The summed E-state index contributed by atoms with van der Waals surface area (Å²) in [6.45, 7) is 2.81. The lowest BCUT2D eigenvalue weighted by molar-refractivity contribution is -0.182. The molecule has 0 saturated carbocycles. The van der Waals surface area contributed by atoms with Crippen LogP contribution in [0.25, 0.3) is 0 Å². The fraction of sp³-hybridized carbons (Fsp3) is 0.438. The van der Waals surface area contributed by atoms with Crippen molar-refractivity contribution >= 4 is 5.78 Å². The monoisotopic (exact) mass is 303 g/mol. The zero-order valence-electron chi connectivity index (χ0n) is 12.1. The maximum absolute atomic E-state index is 12.3. The van der Waals surface area contributed by atoms with Crippen LogP contribution in [-0.2, 0) is 9.47 Å². The number of allylic oxidation sites excluding steroid dienone is 1. The molecule has 0 unspecified atom stereocenters. The number of rotatable bonds is 1. The van der Waals surface area contributed by atoms with E-state index in [-0.39, 0.29) is 11.5 Å². The average Bonchev–Trinajstić information content (AvgIpc) is 3.08. The van der Waals surface area contributed by atoms with Crippen LogP contribution >= 0.6 is 0 Å². The summed E-state index contributed by atoms with van der Waals surface area (Å²) in [5.41, 5.74) is 0.486. The van der Waals surface area contributed by atoms with Crippen LogP contribution in [0.5, 0.6) is 11.5 Å². The van der Waals surface area contributed by atoms with Gasteiger partial charge in [0.2, 0.25) is 5.78 Å². The number of Topliss-reactive ketones (excluding diaryl/α,β-unsaturated/α-hetero) is 1. The number of piperidine rings is 1. The summed E-state index contributed by atoms with van der Waals surface area (Å²) in [5, 5.41) is 9.46. The van der Waals surface area contributed by atoms with Gasteiger partial charge >= 0.3 is 0 Å². The Bertz CT molecular complexity index is 638. The van der Waals surface area contributed by atoms with Crippen molar-refractivity contribution in [2.24, 2.45) is 0 Å². The Hall–Kier alpha value is -2.05. The number of nitrogens with zero attached hydrogens (tertiary/aromatic N) is 1. The summed E-state index contributed by atoms with van der Waals surface area (Å²) >= 11 is 0. The van der Waals surface area contributed by atoms with Gasteiger partial charge in [-0.15, -0.1) is 0 Å². The van der Waals surface area contributed by atoms with Crippen molar-refractivity contribution in [3.8, 4) is 11.5 Å². The van der Waals surface area contributed by atoms with Crippen molar-refractivity contribution in [1.82, 2.24) is 4.90 Å². The summed E-state index contributed by atoms with van der Waals surface area (Å²) in [7, 11) is 0. The van der Waals surface area contributed by atoms with Crippen LogP contribution in [0.15, 0.2) is 30.2 Å². The van der Waals surface area contributed by atoms with Gasteiger partial charge in [-0.25, -0.2) is 0 Å². The van der Waals surface area contributed by atoms with Crippen molar-refractivity contribution in [2.75, 3.05) is 26.3 Å². The van der Waals surface area contributed by atoms with E-state index in [1.807, 2.05) is 0 Å². The Balaban J connectivity index is 1.47. The van der Waals surface area contributed by atoms with Gasteiger partial charge in [-0.05, 0) is 12.1 Å². The van der Waals surface area contributed by atoms with Crippen molar-refractivity contribution in [2.45, 2.75) is 18.6 Å². The molecule has 0 aromatic heterocycles. The Morgan fingerprint density at radius 2 is 1.91 bits per heavy atom. The van der Waals surface area contributed by atoms with Crippen molar-refractivity contribution in [3.05, 3.63) is 35.7 Å². The Morgan fingerprint density at radius 1 is 1.18 bits per heavy atom. The molecule has 1 aromatic rings. The largest absolute Gasteiger partial charge is 0.508 e. The molecular formula is C16H17NO5. The summed E-state index contributed by atoms with van der Waals surface area (Å²) in [6.07, 6.45) is 3.30. The molecule has 3 aliphatic heterocycles. The number of carbonyl (C=O) groups excluding carboxylic acids is 1. The fourth-order valence-electron chi connectivity index (χ4n) is 3.11. The number of aromatic hydroxyl groups is 1. The Morgan fingerprint density at radius 3 is 2.64 bits per heavy atom. The molecule has 1 aromatic carbocycles. The highest BCUT2D eigenvalue weighted by Gasteiger charge is 2.39. The van der Waals surface area contributed by atoms with Gasteiger partial charge in [0.25, 0.3) is 0 Å². The van der Waals surface area contributed by atoms with Crippen LogP contribution in [0.1, 0.15) is 23.2 Å². The first-order chi connectivity index (χ1) is 10.7. The molecule has 4 rings (SSSR count). The van der Waals surface area contributed by atoms with Crippen LogP contribution in [0.4, 0.5) is 0 Å². The number of hydrogen-bond donors (Lipinski definition) is 1. The molecule has 1 spiro atoms. The minimum absolute atomic E-state index is 0.0863. The molecule has 3 aliphatic rings. The number of ketones is 1. The molecular weight excluding hydrogens is 286 g/mol. The number of benzene rings is 1. The molecule has 0 bridgehead atoms. The first-order valence-corrected chi connectivity index (χ1v) is 7.45. The normalized spacial score (nSPS) is 24.8. The molecule has 0 radical (unpaired) electrons. The molecule has 2 saturated heterocycles. The summed E-state index contributed by atoms with van der Waals surface area (Å²) in [5.74, 6) is 0.216. The van der Waals surface area contributed by atoms with E-state index in [4.69, 9.17) is 14.2 Å². The molecule has 2 fully saturated rings. The average molecular weight is 303 g/mol. The lowest BCUT2D eigenvalue weighted by Gasteiger charge is -2.37. The number of ether oxygens (including phenoxy) is 3. The summed E-state index contributed by atoms with van der Waals surface area (Å²) in [6, 6.07) is 4.53. The highest BCUT2D eigenvalue weighted by molar-refractivity contribution is 6.12. The van der Waals surface area contributed by atoms with Gasteiger partial charge in [0.1, 0.15) is 11.5 Å². The topological polar surface area (TPSA) is 68.2 Å². The predicted molar refractivity (Wildman–Crippen MR) is 76.6 cm³/mol. The second-order valence-electron chi connectivity index (χ2n) is 5.75. The van der Waals surface area contributed by atoms with Crippen LogP contribution in [-0.4, -0.2) is 47.9 Å². The molecule has 6 nitrogen and oxygen atoms in total. The number of likely N-dealkylation sites (tertiary alicyclic amines) is 1. The van der Waals surface area contributed by atoms with Gasteiger partial charge in [-0.2, -0.15) is 0 Å². The number of phenolic OH excluding ortho intramolecular Hbond substituents is 1. The number of hydrogen-bond acceptors (Lipinski definition) is 6. The van der Waals surface area contributed by atoms with E-state index in [9.17, 15) is 9.90 Å². The zero-order valence-corrected chi connectivity index (χ0v) is 12.1. The Labute approximate surface area is 127 Å². The third kappa shape index (κ3) is 2.24. The SMILES string of the molecule is O=C1C(=CN2CCC3(CC2)OCCO3)Oc2cc(O)ccc21. The minimum Gasteiger partial charge on any atom is -0.508 e. The molecule has 116 valence electrons. The summed E-state index contributed by atoms with van der Waals surface area (Å²) in [4.78, 5) is 14.3. The van der Waals surface area contributed by atoms with Gasteiger partial charge in [0, 0.05) is 38.2 Å². The number of carbonyl (C=O) groups is 1. The molecule has 0 amide bonds. The van der Waals surface area contributed by atoms with E-state index in [0.29, 0.717) is 30.3 Å². The van der Waals surface area contributed by atoms with E-state index in [2.05, 4.69) is 4.90 Å². The smallest absolute Gasteiger partial charge is 0.233 e. The van der Waals surface area contributed by atoms with Gasteiger partial charge in [0.15, 0.2) is 11.5 Å². The van der Waals surface area contributed by atoms with Gasteiger partial charge < -0.3 is 24.2 Å². The lowest BCUT2D eigenvalue weighted by Crippen LogP contribution is -2.43. The van der Waals surface area contributed by atoms with Gasteiger partial charge in [0.05, 0.1) is 18.8 Å². The molecule has 6 heteroatoms. The van der Waals surface area contributed by atoms with Gasteiger partial charge in [-0.3, -0.25) is 4.79 Å². The minimum atomic E-state index is -0.426. The fourth-order valence-corrected chi connectivity index (χ4v) is 3.11. The first kappa shape index (κ1) is 13.6. The Kier molecular flexibility index (Phi) is 3.09. The van der Waals surface area contributed by atoms with Gasteiger partial charge in [-0.1, -0.05) is 0 Å². The standard InChI is InChI=1S/C16H17NO5/c18-11-1-2-12-13(9-11)22-14(15(12)19)10-17-5-3-16(4-6-17)20-7-8-21-16/h1-2,9-10,18H,3-8H2. The maximum Gasteiger partial charge on any atom is 0.233 e. The first-order valence-electron chi connectivity index (χ1n) is 7.45. The lowest BCUT2D eigenvalue weighted by atomic mass is 10.0. The van der Waals surface area contributed by atoms with Crippen molar-refractivity contribution in [1.29, 1.82) is 0 Å². The van der Waals surface area contributed by atoms with Crippen molar-refractivity contribution < 1.29 is 24.1 Å². The van der Waals surface area contributed by atoms with E-state index >= 15 is 0 Å². The third-order valence-corrected chi connectivity index (χ3v) is 4.33. The highest BCUT2D eigenvalue weighted by Crippen LogP contribution is 2.35. The van der Waals surface area contributed by atoms with Crippen LogP contribution < -0.4 is 4.74 Å². The number of phenols is 1. The maximum atomic E-state index is 12.3. The molecule has 3 heterocycles. The second-order valence-corrected chi connectivity index (χ2v) is 5.75. The van der Waals surface area contributed by atoms with Crippen LogP contribution in [0.3, 0.4) is 0 Å².